The molecule has 0 spiro atoms. The van der Waals surface area contributed by atoms with E-state index < -0.39 is 11.6 Å². The molecule has 0 aromatic carbocycles. The van der Waals surface area contributed by atoms with Gasteiger partial charge in [-0.05, 0) is 19.9 Å². The van der Waals surface area contributed by atoms with Crippen LogP contribution < -0.4 is 15.4 Å². The summed E-state index contributed by atoms with van der Waals surface area (Å²) in [7, 11) is 1.59. The molecule has 1 aromatic heterocycles. The largest absolute Gasteiger partial charge is 0.486 e. The molecule has 1 aromatic rings. The summed E-state index contributed by atoms with van der Waals surface area (Å²) in [4.78, 5) is 17.4. The van der Waals surface area contributed by atoms with E-state index >= 15 is 0 Å². The summed E-state index contributed by atoms with van der Waals surface area (Å²) < 4.78 is 5.56. The molecule has 0 radical (unpaired) electrons. The fraction of sp³-hybridized carbons (Fsp3) is 0.429. The zero-order chi connectivity index (χ0) is 14.9. The van der Waals surface area contributed by atoms with Crippen LogP contribution in [0.5, 0.6) is 5.75 Å². The number of anilines is 1. The van der Waals surface area contributed by atoms with Crippen LogP contribution in [-0.4, -0.2) is 41.3 Å². The highest BCUT2D eigenvalue weighted by molar-refractivity contribution is 5.98. The maximum atomic E-state index is 11.9. The normalized spacial score (nSPS) is 18.6. The van der Waals surface area contributed by atoms with Crippen molar-refractivity contribution in [1.29, 1.82) is 0 Å². The minimum Gasteiger partial charge on any atom is -0.486 e. The van der Waals surface area contributed by atoms with Crippen molar-refractivity contribution in [3.8, 4) is 17.6 Å². The Hall–Kier alpha value is -2.10. The molecular formula is C14H17N3O3. The van der Waals surface area contributed by atoms with Crippen molar-refractivity contribution in [2.24, 2.45) is 5.73 Å². The van der Waals surface area contributed by atoms with E-state index in [0.29, 0.717) is 17.1 Å². The average molecular weight is 275 g/mol. The number of pyridine rings is 1. The summed E-state index contributed by atoms with van der Waals surface area (Å²) in [6.07, 6.45) is 1.54. The number of carbonyl (C=O) groups is 1. The highest BCUT2D eigenvalue weighted by Crippen LogP contribution is 2.31. The smallest absolute Gasteiger partial charge is 0.248 e. The van der Waals surface area contributed by atoms with Crippen molar-refractivity contribution in [3.05, 3.63) is 17.8 Å². The molecule has 6 heteroatoms. The third-order valence-electron chi connectivity index (χ3n) is 2.76. The molecule has 0 saturated heterocycles. The van der Waals surface area contributed by atoms with Crippen LogP contribution in [0.3, 0.4) is 0 Å². The molecule has 3 N–H and O–H groups in total. The Balaban J connectivity index is 2.49. The van der Waals surface area contributed by atoms with Crippen LogP contribution in [0.4, 0.5) is 5.82 Å². The Labute approximate surface area is 117 Å². The first-order valence-corrected chi connectivity index (χ1v) is 6.20. The van der Waals surface area contributed by atoms with E-state index in [9.17, 15) is 9.90 Å². The predicted octanol–water partition coefficient (Wildman–Crippen LogP) is -0.113. The summed E-state index contributed by atoms with van der Waals surface area (Å²) in [6, 6.07) is 0.941. The van der Waals surface area contributed by atoms with Gasteiger partial charge in [0.25, 0.3) is 0 Å². The van der Waals surface area contributed by atoms with E-state index in [1.54, 1.807) is 27.0 Å². The highest BCUT2D eigenvalue weighted by Gasteiger charge is 2.28. The molecule has 0 fully saturated rings. The molecule has 0 aliphatic carbocycles. The number of hydrogen-bond acceptors (Lipinski definition) is 5. The van der Waals surface area contributed by atoms with Crippen LogP contribution in [-0.2, 0) is 4.79 Å². The Morgan fingerprint density at radius 2 is 2.30 bits per heavy atom. The fourth-order valence-electron chi connectivity index (χ4n) is 1.73. The van der Waals surface area contributed by atoms with Gasteiger partial charge in [0.05, 0.1) is 5.56 Å². The van der Waals surface area contributed by atoms with E-state index in [1.165, 1.54) is 11.1 Å². The monoisotopic (exact) mass is 275 g/mol. The van der Waals surface area contributed by atoms with Gasteiger partial charge in [-0.15, -0.1) is 0 Å². The van der Waals surface area contributed by atoms with E-state index in [1.807, 2.05) is 0 Å². The Bertz CT molecular complexity index is 596. The molecule has 106 valence electrons. The van der Waals surface area contributed by atoms with Gasteiger partial charge in [-0.2, -0.15) is 0 Å². The predicted molar refractivity (Wildman–Crippen MR) is 74.3 cm³/mol. The van der Waals surface area contributed by atoms with E-state index in [-0.39, 0.29) is 12.5 Å². The van der Waals surface area contributed by atoms with Crippen molar-refractivity contribution in [1.82, 2.24) is 4.98 Å². The molecule has 2 rings (SSSR count). The van der Waals surface area contributed by atoms with Gasteiger partial charge in [-0.3, -0.25) is 9.69 Å². The molecule has 2 heterocycles. The zero-order valence-corrected chi connectivity index (χ0v) is 11.7. The minimum absolute atomic E-state index is 0.0685. The van der Waals surface area contributed by atoms with Crippen molar-refractivity contribution in [3.63, 3.8) is 0 Å². The Kier molecular flexibility index (Phi) is 3.66. The SMILES string of the molecule is CN1C(=O)[C@@H](N)COc2c(C#CC(C)(C)O)ccnc21. The van der Waals surface area contributed by atoms with Gasteiger partial charge in [0.15, 0.2) is 11.6 Å². The number of nitrogens with zero attached hydrogens (tertiary/aromatic N) is 2. The van der Waals surface area contributed by atoms with Gasteiger partial charge in [0, 0.05) is 13.2 Å². The van der Waals surface area contributed by atoms with Crippen LogP contribution in [0.25, 0.3) is 0 Å². The standard InChI is InChI=1S/C14H17N3O3/c1-14(2,19)6-4-9-5-7-16-12-11(9)20-8-10(15)13(18)17(12)3/h5,7,10,19H,8,15H2,1-3H3/t10-/m0/s1. The van der Waals surface area contributed by atoms with Gasteiger partial charge < -0.3 is 15.6 Å². The van der Waals surface area contributed by atoms with Crippen molar-refractivity contribution in [2.45, 2.75) is 25.5 Å². The summed E-state index contributed by atoms with van der Waals surface area (Å²) in [5, 5.41) is 9.66. The number of rotatable bonds is 0. The number of carbonyl (C=O) groups excluding carboxylic acids is 1. The molecule has 1 amide bonds. The lowest BCUT2D eigenvalue weighted by molar-refractivity contribution is -0.119. The Morgan fingerprint density at radius 3 is 2.95 bits per heavy atom. The molecule has 1 aliphatic heterocycles. The third kappa shape index (κ3) is 2.90. The first-order valence-electron chi connectivity index (χ1n) is 6.20. The second-order valence-electron chi connectivity index (χ2n) is 5.14. The molecule has 0 bridgehead atoms. The lowest BCUT2D eigenvalue weighted by Crippen LogP contribution is -2.43. The van der Waals surface area contributed by atoms with Gasteiger partial charge in [-0.25, -0.2) is 4.98 Å². The van der Waals surface area contributed by atoms with Crippen LogP contribution in [0.15, 0.2) is 12.3 Å². The van der Waals surface area contributed by atoms with Gasteiger partial charge in [0.1, 0.15) is 18.2 Å². The number of aliphatic hydroxyl groups is 1. The van der Waals surface area contributed by atoms with Crippen LogP contribution in [0, 0.1) is 11.8 Å². The summed E-state index contributed by atoms with van der Waals surface area (Å²) in [5.74, 6) is 6.09. The number of ether oxygens (including phenoxy) is 1. The Morgan fingerprint density at radius 1 is 1.60 bits per heavy atom. The molecule has 0 unspecified atom stereocenters. The summed E-state index contributed by atoms with van der Waals surface area (Å²) in [5.41, 5.74) is 5.17. The zero-order valence-electron chi connectivity index (χ0n) is 11.7. The van der Waals surface area contributed by atoms with Crippen molar-refractivity contribution >= 4 is 11.7 Å². The fourth-order valence-corrected chi connectivity index (χ4v) is 1.73. The van der Waals surface area contributed by atoms with E-state index in [4.69, 9.17) is 10.5 Å². The van der Waals surface area contributed by atoms with Gasteiger partial charge in [-0.1, -0.05) is 11.8 Å². The number of likely N-dealkylation sites (N-methyl/N-ethyl adjacent to an activating group) is 1. The lowest BCUT2D eigenvalue weighted by Gasteiger charge is -2.16. The van der Waals surface area contributed by atoms with E-state index in [0.717, 1.165) is 0 Å². The number of fused-ring (bicyclic) bond motifs is 1. The minimum atomic E-state index is -1.11. The quantitative estimate of drug-likeness (QED) is 0.645. The van der Waals surface area contributed by atoms with Crippen LogP contribution in [0.1, 0.15) is 19.4 Å². The van der Waals surface area contributed by atoms with E-state index in [2.05, 4.69) is 16.8 Å². The molecule has 6 nitrogen and oxygen atoms in total. The number of hydrogen-bond donors (Lipinski definition) is 2. The molecule has 1 aliphatic rings. The maximum Gasteiger partial charge on any atom is 0.248 e. The molecule has 0 saturated carbocycles. The lowest BCUT2D eigenvalue weighted by atomic mass is 10.1. The number of aromatic nitrogens is 1. The summed E-state index contributed by atoms with van der Waals surface area (Å²) >= 11 is 0. The topological polar surface area (TPSA) is 88.7 Å². The third-order valence-corrected chi connectivity index (χ3v) is 2.76. The van der Waals surface area contributed by atoms with Crippen LogP contribution >= 0.6 is 0 Å². The first kappa shape index (κ1) is 14.3. The maximum absolute atomic E-state index is 11.9. The molecule has 20 heavy (non-hydrogen) atoms. The van der Waals surface area contributed by atoms with Crippen molar-refractivity contribution in [2.75, 3.05) is 18.6 Å². The first-order chi connectivity index (χ1) is 9.29. The summed E-state index contributed by atoms with van der Waals surface area (Å²) in [6.45, 7) is 3.25. The van der Waals surface area contributed by atoms with Crippen LogP contribution in [0.2, 0.25) is 0 Å². The number of amides is 1. The molecule has 1 atom stereocenters. The van der Waals surface area contributed by atoms with Crippen molar-refractivity contribution < 1.29 is 14.6 Å². The highest BCUT2D eigenvalue weighted by atomic mass is 16.5. The van der Waals surface area contributed by atoms with Gasteiger partial charge >= 0.3 is 0 Å². The number of nitrogens with two attached hydrogens (primary N) is 1. The average Bonchev–Trinajstić information content (AvgIpc) is 2.49. The van der Waals surface area contributed by atoms with Gasteiger partial charge in [0.2, 0.25) is 5.91 Å². The second kappa shape index (κ2) is 5.12. The second-order valence-corrected chi connectivity index (χ2v) is 5.14. The molecular weight excluding hydrogens is 258 g/mol.